The Morgan fingerprint density at radius 3 is 1.02 bits per heavy atom. The first-order valence-electron chi connectivity index (χ1n) is 14.7. The molecular weight excluding hydrogens is 610 g/mol. The summed E-state index contributed by atoms with van der Waals surface area (Å²) >= 11 is 0. The molecule has 0 aromatic heterocycles. The van der Waals surface area contributed by atoms with Gasteiger partial charge in [0.2, 0.25) is 0 Å². The quantitative estimate of drug-likeness (QED) is 0.149. The number of halogens is 6. The second kappa shape index (κ2) is 10.8. The molecule has 0 heterocycles. The van der Waals surface area contributed by atoms with Crippen molar-refractivity contribution in [1.29, 1.82) is 0 Å². The van der Waals surface area contributed by atoms with E-state index in [1.807, 2.05) is 84.9 Å². The van der Waals surface area contributed by atoms with Crippen molar-refractivity contribution < 1.29 is 26.3 Å². The molecule has 8 heteroatoms. The molecule has 2 nitrogen and oxygen atoms in total. The van der Waals surface area contributed by atoms with Crippen LogP contribution in [0.3, 0.4) is 0 Å². The maximum Gasteiger partial charge on any atom is 0.416 e. The molecule has 47 heavy (non-hydrogen) atoms. The highest BCUT2D eigenvalue weighted by Gasteiger charge is 2.46. The average molecular weight is 637 g/mol. The van der Waals surface area contributed by atoms with E-state index < -0.39 is 28.9 Å². The van der Waals surface area contributed by atoms with Crippen molar-refractivity contribution in [2.24, 2.45) is 0 Å². The van der Waals surface area contributed by atoms with Gasteiger partial charge < -0.3 is 11.5 Å². The molecule has 6 aromatic rings. The Kier molecular flexibility index (Phi) is 6.93. The number of nitrogens with two attached hydrogens (primary N) is 2. The molecule has 0 aliphatic heterocycles. The summed E-state index contributed by atoms with van der Waals surface area (Å²) in [4.78, 5) is 0. The van der Waals surface area contributed by atoms with Crippen LogP contribution in [0.25, 0.3) is 33.4 Å². The minimum absolute atomic E-state index is 0.593. The minimum atomic E-state index is -4.46. The van der Waals surface area contributed by atoms with Crippen LogP contribution in [-0.4, -0.2) is 0 Å². The molecule has 0 radical (unpaired) electrons. The number of benzene rings is 6. The Morgan fingerprint density at radius 2 is 0.702 bits per heavy atom. The van der Waals surface area contributed by atoms with Gasteiger partial charge in [0.1, 0.15) is 0 Å². The fourth-order valence-corrected chi connectivity index (χ4v) is 6.65. The highest BCUT2D eigenvalue weighted by molar-refractivity contribution is 5.91. The Bertz CT molecular complexity index is 1940. The second-order valence-electron chi connectivity index (χ2n) is 11.7. The SMILES string of the molecule is Nc1ccc(C2(c3ccc(N)cc3)c3ccc(-c4ccc(C(F)(F)F)cc4)cc3-c3cc(-c4ccc(C(F)(F)F)cc4)ccc32)cc1. The third kappa shape index (κ3) is 5.10. The first-order valence-corrected chi connectivity index (χ1v) is 14.7. The number of anilines is 2. The second-order valence-corrected chi connectivity index (χ2v) is 11.7. The lowest BCUT2D eigenvalue weighted by molar-refractivity contribution is -0.138. The van der Waals surface area contributed by atoms with E-state index >= 15 is 0 Å². The number of fused-ring (bicyclic) bond motifs is 3. The van der Waals surface area contributed by atoms with Crippen molar-refractivity contribution >= 4 is 11.4 Å². The van der Waals surface area contributed by atoms with E-state index in [0.717, 1.165) is 57.6 Å². The molecule has 0 fully saturated rings. The summed E-state index contributed by atoms with van der Waals surface area (Å²) in [5.41, 5.74) is 19.2. The van der Waals surface area contributed by atoms with Crippen molar-refractivity contribution in [1.82, 2.24) is 0 Å². The molecule has 4 N–H and O–H groups in total. The molecule has 7 rings (SSSR count). The molecule has 0 unspecified atom stereocenters. The van der Waals surface area contributed by atoms with Crippen LogP contribution >= 0.6 is 0 Å². The van der Waals surface area contributed by atoms with Gasteiger partial charge in [-0.05, 0) is 116 Å². The molecule has 1 aliphatic rings. The smallest absolute Gasteiger partial charge is 0.399 e. The molecule has 0 bridgehead atoms. The fraction of sp³-hybridized carbons (Fsp3) is 0.0769. The van der Waals surface area contributed by atoms with E-state index in [1.165, 1.54) is 24.3 Å². The van der Waals surface area contributed by atoms with Gasteiger partial charge in [-0.25, -0.2) is 0 Å². The zero-order valence-corrected chi connectivity index (χ0v) is 24.6. The molecule has 0 spiro atoms. The predicted molar refractivity (Wildman–Crippen MR) is 173 cm³/mol. The highest BCUT2D eigenvalue weighted by Crippen LogP contribution is 2.57. The number of hydrogen-bond donors (Lipinski definition) is 2. The van der Waals surface area contributed by atoms with Gasteiger partial charge in [-0.15, -0.1) is 0 Å². The number of alkyl halides is 6. The van der Waals surface area contributed by atoms with E-state index in [1.54, 1.807) is 0 Å². The molecule has 0 saturated heterocycles. The summed E-state index contributed by atoms with van der Waals surface area (Å²) in [5.74, 6) is 0. The molecule has 0 atom stereocenters. The Labute approximate surface area is 266 Å². The lowest BCUT2D eigenvalue weighted by Crippen LogP contribution is -2.28. The predicted octanol–water partition coefficient (Wildman–Crippen LogP) is 10.6. The van der Waals surface area contributed by atoms with Crippen LogP contribution in [0, 0.1) is 0 Å². The summed E-state index contributed by atoms with van der Waals surface area (Å²) in [6, 6.07) is 37.0. The third-order valence-corrected chi connectivity index (χ3v) is 8.92. The minimum Gasteiger partial charge on any atom is -0.399 e. The van der Waals surface area contributed by atoms with Crippen molar-refractivity contribution in [2.45, 2.75) is 17.8 Å². The van der Waals surface area contributed by atoms with Crippen LogP contribution in [0.1, 0.15) is 33.4 Å². The van der Waals surface area contributed by atoms with Gasteiger partial charge in [-0.2, -0.15) is 26.3 Å². The summed E-state index contributed by atoms with van der Waals surface area (Å²) in [6.07, 6.45) is -8.91. The molecule has 1 aliphatic carbocycles. The van der Waals surface area contributed by atoms with E-state index in [2.05, 4.69) is 0 Å². The summed E-state index contributed by atoms with van der Waals surface area (Å²) in [5, 5.41) is 0. The Balaban J connectivity index is 1.48. The Hall–Kier alpha value is -5.50. The lowest BCUT2D eigenvalue weighted by atomic mass is 9.67. The maximum atomic E-state index is 13.3. The largest absolute Gasteiger partial charge is 0.416 e. The van der Waals surface area contributed by atoms with E-state index in [9.17, 15) is 26.3 Å². The van der Waals surface area contributed by atoms with Gasteiger partial charge in [0.15, 0.2) is 0 Å². The van der Waals surface area contributed by atoms with E-state index in [-0.39, 0.29) is 0 Å². The number of hydrogen-bond acceptors (Lipinski definition) is 2. The molecular formula is C39H26F6N2. The van der Waals surface area contributed by atoms with Gasteiger partial charge in [0.05, 0.1) is 16.5 Å². The summed E-state index contributed by atoms with van der Waals surface area (Å²) in [6.45, 7) is 0. The molecule has 6 aromatic carbocycles. The van der Waals surface area contributed by atoms with Crippen LogP contribution in [0.5, 0.6) is 0 Å². The normalized spacial score (nSPS) is 13.7. The maximum absolute atomic E-state index is 13.3. The van der Waals surface area contributed by atoms with E-state index in [0.29, 0.717) is 33.6 Å². The van der Waals surface area contributed by atoms with E-state index in [4.69, 9.17) is 11.5 Å². The molecule has 0 saturated carbocycles. The zero-order valence-electron chi connectivity index (χ0n) is 24.6. The van der Waals surface area contributed by atoms with Gasteiger partial charge in [-0.1, -0.05) is 72.8 Å². The van der Waals surface area contributed by atoms with Crippen molar-refractivity contribution in [2.75, 3.05) is 11.5 Å². The Morgan fingerprint density at radius 1 is 0.383 bits per heavy atom. The standard InChI is InChI=1S/C39H26F6N2/c40-38(41,42)29-7-1-23(2-8-29)25-5-19-35-33(21-25)34-22-26(24-3-9-30(10-4-24)39(43,44)45)6-20-36(34)37(35,27-11-15-31(46)16-12-27)28-13-17-32(47)18-14-28/h1-22H,46-47H2. The first kappa shape index (κ1) is 30.2. The van der Waals surface area contributed by atoms with Crippen LogP contribution in [0.4, 0.5) is 37.7 Å². The van der Waals surface area contributed by atoms with Gasteiger partial charge in [-0.3, -0.25) is 0 Å². The third-order valence-electron chi connectivity index (χ3n) is 8.92. The van der Waals surface area contributed by atoms with Crippen LogP contribution in [0.2, 0.25) is 0 Å². The van der Waals surface area contributed by atoms with Gasteiger partial charge >= 0.3 is 12.4 Å². The molecule has 234 valence electrons. The summed E-state index contributed by atoms with van der Waals surface area (Å²) in [7, 11) is 0. The first-order chi connectivity index (χ1) is 22.4. The van der Waals surface area contributed by atoms with Crippen molar-refractivity contribution in [3.8, 4) is 33.4 Å². The highest BCUT2D eigenvalue weighted by atomic mass is 19.4. The average Bonchev–Trinajstić information content (AvgIpc) is 3.34. The van der Waals surface area contributed by atoms with Gasteiger partial charge in [0.25, 0.3) is 0 Å². The monoisotopic (exact) mass is 636 g/mol. The zero-order chi connectivity index (χ0) is 33.1. The number of rotatable bonds is 4. The summed E-state index contributed by atoms with van der Waals surface area (Å²) < 4.78 is 79.9. The lowest BCUT2D eigenvalue weighted by Gasteiger charge is -2.34. The van der Waals surface area contributed by atoms with Crippen LogP contribution in [0.15, 0.2) is 133 Å². The van der Waals surface area contributed by atoms with Crippen molar-refractivity contribution in [3.05, 3.63) is 167 Å². The number of nitrogen functional groups attached to an aromatic ring is 2. The van der Waals surface area contributed by atoms with Crippen LogP contribution < -0.4 is 11.5 Å². The van der Waals surface area contributed by atoms with Crippen LogP contribution in [-0.2, 0) is 17.8 Å². The fourth-order valence-electron chi connectivity index (χ4n) is 6.65. The van der Waals surface area contributed by atoms with Gasteiger partial charge in [0, 0.05) is 11.4 Å². The topological polar surface area (TPSA) is 52.0 Å². The molecule has 0 amide bonds. The van der Waals surface area contributed by atoms with Crippen molar-refractivity contribution in [3.63, 3.8) is 0 Å².